The molecule has 3 rings (SSSR count). The van der Waals surface area contributed by atoms with Gasteiger partial charge in [-0.2, -0.15) is 5.10 Å². The van der Waals surface area contributed by atoms with Crippen LogP contribution in [0, 0.1) is 0 Å². The van der Waals surface area contributed by atoms with Crippen molar-refractivity contribution in [2.75, 3.05) is 6.54 Å². The largest absolute Gasteiger partial charge is 0.345 e. The molecule has 0 aliphatic rings. The molecular weight excluding hydrogens is 346 g/mol. The van der Waals surface area contributed by atoms with E-state index in [1.165, 1.54) is 0 Å². The number of nitrogens with zero attached hydrogens (tertiary/aromatic N) is 2. The first-order valence-corrected chi connectivity index (χ1v) is 8.37. The average Bonchev–Trinajstić information content (AvgIpc) is 2.70. The maximum absolute atomic E-state index is 12.7. The van der Waals surface area contributed by atoms with E-state index in [4.69, 9.17) is 5.84 Å². The second-order valence-electron chi connectivity index (χ2n) is 5.96. The van der Waals surface area contributed by atoms with Crippen LogP contribution in [0.2, 0.25) is 0 Å². The Kier molecular flexibility index (Phi) is 5.58. The summed E-state index contributed by atoms with van der Waals surface area (Å²) in [6.45, 7) is -0.558. The van der Waals surface area contributed by atoms with Crippen molar-refractivity contribution in [2.24, 2.45) is 5.84 Å². The lowest BCUT2D eigenvalue weighted by Crippen LogP contribution is -2.42. The van der Waals surface area contributed by atoms with Crippen molar-refractivity contribution in [2.45, 2.75) is 13.0 Å². The minimum Gasteiger partial charge on any atom is -0.345 e. The first-order chi connectivity index (χ1) is 13.1. The second-order valence-corrected chi connectivity index (χ2v) is 5.96. The Labute approximate surface area is 155 Å². The number of fused-ring (bicyclic) bond motifs is 1. The van der Waals surface area contributed by atoms with Gasteiger partial charge < -0.3 is 5.32 Å². The molecule has 0 saturated heterocycles. The maximum Gasteiger partial charge on any atom is 0.275 e. The highest BCUT2D eigenvalue weighted by atomic mass is 16.2. The van der Waals surface area contributed by atoms with E-state index >= 15 is 0 Å². The van der Waals surface area contributed by atoms with Crippen molar-refractivity contribution < 1.29 is 9.59 Å². The summed E-state index contributed by atoms with van der Waals surface area (Å²) in [4.78, 5) is 35.9. The van der Waals surface area contributed by atoms with Gasteiger partial charge in [-0.1, -0.05) is 48.5 Å². The van der Waals surface area contributed by atoms with E-state index in [2.05, 4.69) is 10.4 Å². The summed E-state index contributed by atoms with van der Waals surface area (Å²) in [7, 11) is 0. The van der Waals surface area contributed by atoms with Crippen molar-refractivity contribution in [1.29, 1.82) is 0 Å². The summed E-state index contributed by atoms with van der Waals surface area (Å²) >= 11 is 0. The smallest absolute Gasteiger partial charge is 0.275 e. The number of aromatic nitrogens is 2. The van der Waals surface area contributed by atoms with Gasteiger partial charge in [-0.25, -0.2) is 10.5 Å². The van der Waals surface area contributed by atoms with Crippen molar-refractivity contribution in [3.05, 3.63) is 76.2 Å². The molecule has 1 heterocycles. The van der Waals surface area contributed by atoms with Gasteiger partial charge in [0.2, 0.25) is 5.91 Å². The number of hydrogen-bond acceptors (Lipinski definition) is 5. The maximum atomic E-state index is 12.7. The minimum absolute atomic E-state index is 0.269. The molecule has 0 aliphatic carbocycles. The van der Waals surface area contributed by atoms with Crippen LogP contribution in [-0.4, -0.2) is 28.1 Å². The summed E-state index contributed by atoms with van der Waals surface area (Å²) in [6.07, 6.45) is 0.527. The van der Waals surface area contributed by atoms with Crippen molar-refractivity contribution in [1.82, 2.24) is 20.5 Å². The van der Waals surface area contributed by atoms with Crippen molar-refractivity contribution >= 4 is 22.6 Å². The van der Waals surface area contributed by atoms with Crippen LogP contribution >= 0.6 is 0 Å². The number of carbonyl (C=O) groups excluding carboxylic acids is 2. The molecule has 0 bridgehead atoms. The molecule has 8 nitrogen and oxygen atoms in total. The zero-order chi connectivity index (χ0) is 19.2. The highest BCUT2D eigenvalue weighted by molar-refractivity contribution is 5.85. The number of amides is 2. The topological polar surface area (TPSA) is 119 Å². The number of hydrogen-bond donors (Lipinski definition) is 3. The van der Waals surface area contributed by atoms with Crippen molar-refractivity contribution in [3.8, 4) is 0 Å². The average molecular weight is 365 g/mol. The zero-order valence-electron chi connectivity index (χ0n) is 14.5. The van der Waals surface area contributed by atoms with Gasteiger partial charge in [-0.05, 0) is 11.6 Å². The summed E-state index contributed by atoms with van der Waals surface area (Å²) < 4.78 is 1.12. The van der Waals surface area contributed by atoms with E-state index in [0.29, 0.717) is 17.5 Å². The predicted octanol–water partition coefficient (Wildman–Crippen LogP) is 0.0934. The van der Waals surface area contributed by atoms with Gasteiger partial charge in [0.1, 0.15) is 6.54 Å². The molecule has 0 atom stereocenters. The van der Waals surface area contributed by atoms with Crippen LogP contribution in [0.3, 0.4) is 0 Å². The third-order valence-electron chi connectivity index (χ3n) is 4.06. The number of rotatable bonds is 6. The number of nitrogens with two attached hydrogens (primary N) is 1. The Bertz CT molecular complexity index is 1030. The van der Waals surface area contributed by atoms with Gasteiger partial charge in [-0.3, -0.25) is 19.8 Å². The summed E-state index contributed by atoms with van der Waals surface area (Å²) in [5.41, 5.74) is 3.30. The molecule has 3 aromatic rings. The van der Waals surface area contributed by atoms with Crippen LogP contribution in [0.15, 0.2) is 59.4 Å². The van der Waals surface area contributed by atoms with Gasteiger partial charge in [0, 0.05) is 11.8 Å². The third kappa shape index (κ3) is 4.36. The molecule has 0 radical (unpaired) electrons. The molecular formula is C19H19N5O3. The Morgan fingerprint density at radius 3 is 2.33 bits per heavy atom. The number of carbonyl (C=O) groups is 2. The Balaban J connectivity index is 1.93. The molecule has 138 valence electrons. The van der Waals surface area contributed by atoms with Gasteiger partial charge >= 0.3 is 0 Å². The van der Waals surface area contributed by atoms with E-state index in [9.17, 15) is 14.4 Å². The second kappa shape index (κ2) is 8.24. The monoisotopic (exact) mass is 365 g/mol. The fraction of sp³-hybridized carbons (Fsp3) is 0.158. The van der Waals surface area contributed by atoms with E-state index in [-0.39, 0.29) is 18.6 Å². The number of benzene rings is 2. The van der Waals surface area contributed by atoms with Gasteiger partial charge in [-0.15, -0.1) is 0 Å². The van der Waals surface area contributed by atoms with E-state index < -0.39 is 11.8 Å². The quantitative estimate of drug-likeness (QED) is 0.325. The van der Waals surface area contributed by atoms with Crippen molar-refractivity contribution in [3.63, 3.8) is 0 Å². The molecule has 0 unspecified atom stereocenters. The Morgan fingerprint density at radius 1 is 0.963 bits per heavy atom. The predicted molar refractivity (Wildman–Crippen MR) is 101 cm³/mol. The van der Waals surface area contributed by atoms with Crippen LogP contribution in [0.5, 0.6) is 0 Å². The molecule has 0 saturated carbocycles. The highest BCUT2D eigenvalue weighted by Crippen LogP contribution is 2.16. The first-order valence-electron chi connectivity index (χ1n) is 8.37. The van der Waals surface area contributed by atoms with Gasteiger partial charge in [0.05, 0.1) is 17.6 Å². The molecule has 8 heteroatoms. The summed E-state index contributed by atoms with van der Waals surface area (Å²) in [6, 6.07) is 16.9. The summed E-state index contributed by atoms with van der Waals surface area (Å²) in [5, 5.41) is 8.04. The summed E-state index contributed by atoms with van der Waals surface area (Å²) in [5.74, 6) is 3.93. The highest BCUT2D eigenvalue weighted by Gasteiger charge is 2.13. The normalized spacial score (nSPS) is 10.6. The molecule has 0 spiro atoms. The molecule has 0 aliphatic heterocycles. The number of hydrazine groups is 1. The molecule has 27 heavy (non-hydrogen) atoms. The van der Waals surface area contributed by atoms with Gasteiger partial charge in [0.25, 0.3) is 11.5 Å². The molecule has 0 fully saturated rings. The first kappa shape index (κ1) is 18.3. The fourth-order valence-electron chi connectivity index (χ4n) is 2.75. The van der Waals surface area contributed by atoms with E-state index in [1.807, 2.05) is 47.9 Å². The molecule has 1 aromatic heterocycles. The van der Waals surface area contributed by atoms with Crippen LogP contribution in [0.4, 0.5) is 0 Å². The van der Waals surface area contributed by atoms with Crippen LogP contribution < -0.4 is 22.1 Å². The lowest BCUT2D eigenvalue weighted by Gasteiger charge is -2.11. The lowest BCUT2D eigenvalue weighted by atomic mass is 10.0. The standard InChI is InChI=1S/C19H19N5O3/c20-22-17(25)11-21-18(26)12-24-19(27)15-9-5-4-8-14(15)16(23-24)10-13-6-2-1-3-7-13/h1-9H,10-12,20H2,(H,21,26)(H,22,25). The molecule has 4 N–H and O–H groups in total. The van der Waals surface area contributed by atoms with Gasteiger partial charge in [0.15, 0.2) is 0 Å². The van der Waals surface area contributed by atoms with E-state index in [0.717, 1.165) is 15.6 Å². The Morgan fingerprint density at radius 2 is 1.63 bits per heavy atom. The third-order valence-corrected chi connectivity index (χ3v) is 4.06. The lowest BCUT2D eigenvalue weighted by molar-refractivity contribution is -0.126. The van der Waals surface area contributed by atoms with Crippen LogP contribution in [0.1, 0.15) is 11.3 Å². The van der Waals surface area contributed by atoms with E-state index in [1.54, 1.807) is 12.1 Å². The minimum atomic E-state index is -0.535. The molecule has 2 amide bonds. The fourth-order valence-corrected chi connectivity index (χ4v) is 2.75. The van der Waals surface area contributed by atoms with Crippen LogP contribution in [0.25, 0.3) is 10.8 Å². The Hall–Kier alpha value is -3.52. The zero-order valence-corrected chi connectivity index (χ0v) is 14.5. The number of nitrogens with one attached hydrogen (secondary N) is 2. The SMILES string of the molecule is NNC(=O)CNC(=O)Cn1nc(Cc2ccccc2)c2ccccc2c1=O. The van der Waals surface area contributed by atoms with Crippen LogP contribution in [-0.2, 0) is 22.6 Å². The molecule has 2 aromatic carbocycles.